The lowest BCUT2D eigenvalue weighted by Gasteiger charge is -2.10. The highest BCUT2D eigenvalue weighted by molar-refractivity contribution is 7.99. The molecule has 6 nitrogen and oxygen atoms in total. The van der Waals surface area contributed by atoms with Crippen LogP contribution in [0.1, 0.15) is 0 Å². The van der Waals surface area contributed by atoms with E-state index in [-0.39, 0.29) is 5.75 Å². The Morgan fingerprint density at radius 2 is 1.83 bits per heavy atom. The average Bonchev–Trinajstić information content (AvgIpc) is 3.04. The van der Waals surface area contributed by atoms with E-state index in [0.29, 0.717) is 11.0 Å². The molecule has 24 heavy (non-hydrogen) atoms. The summed E-state index contributed by atoms with van der Waals surface area (Å²) in [5, 5.41) is 9.13. The monoisotopic (exact) mass is 340 g/mol. The molecule has 3 rings (SSSR count). The molecule has 3 aromatic rings. The van der Waals surface area contributed by atoms with Crippen LogP contribution in [0.15, 0.2) is 59.8 Å². The number of carbonyl (C=O) groups excluding carboxylic acids is 1. The van der Waals surface area contributed by atoms with Crippen molar-refractivity contribution in [2.45, 2.75) is 5.16 Å². The van der Waals surface area contributed by atoms with Crippen LogP contribution in [0.5, 0.6) is 5.75 Å². The number of benzene rings is 2. The number of aromatic nitrogens is 3. The van der Waals surface area contributed by atoms with E-state index in [9.17, 15) is 4.79 Å². The number of primary amides is 1. The number of nitrogens with zero attached hydrogens (tertiary/aromatic N) is 3. The van der Waals surface area contributed by atoms with Crippen LogP contribution in [0.2, 0.25) is 0 Å². The second-order valence-corrected chi connectivity index (χ2v) is 5.90. The van der Waals surface area contributed by atoms with Gasteiger partial charge in [-0.2, -0.15) is 0 Å². The van der Waals surface area contributed by atoms with Crippen molar-refractivity contribution in [3.8, 4) is 22.8 Å². The highest BCUT2D eigenvalue weighted by Crippen LogP contribution is 2.28. The average molecular weight is 340 g/mol. The van der Waals surface area contributed by atoms with Crippen LogP contribution < -0.4 is 10.5 Å². The number of methoxy groups -OCH3 is 1. The third-order valence-corrected chi connectivity index (χ3v) is 4.29. The minimum Gasteiger partial charge on any atom is -0.497 e. The highest BCUT2D eigenvalue weighted by atomic mass is 32.2. The van der Waals surface area contributed by atoms with Crippen LogP contribution in [-0.4, -0.2) is 33.5 Å². The number of carbonyl (C=O) groups is 1. The van der Waals surface area contributed by atoms with Crippen molar-refractivity contribution in [3.63, 3.8) is 0 Å². The number of nitrogens with two attached hydrogens (primary N) is 1. The van der Waals surface area contributed by atoms with Gasteiger partial charge in [-0.3, -0.25) is 9.36 Å². The van der Waals surface area contributed by atoms with Gasteiger partial charge in [0.2, 0.25) is 5.91 Å². The smallest absolute Gasteiger partial charge is 0.227 e. The second-order valence-electron chi connectivity index (χ2n) is 4.96. The molecule has 0 aliphatic heterocycles. The van der Waals surface area contributed by atoms with Crippen molar-refractivity contribution in [1.29, 1.82) is 0 Å². The minimum absolute atomic E-state index is 0.146. The molecule has 1 amide bonds. The zero-order valence-corrected chi connectivity index (χ0v) is 13.9. The van der Waals surface area contributed by atoms with Gasteiger partial charge in [-0.05, 0) is 36.4 Å². The van der Waals surface area contributed by atoms with E-state index in [2.05, 4.69) is 10.2 Å². The molecule has 2 aromatic carbocycles. The van der Waals surface area contributed by atoms with Gasteiger partial charge in [0.25, 0.3) is 0 Å². The molecular weight excluding hydrogens is 324 g/mol. The molecule has 7 heteroatoms. The Morgan fingerprint density at radius 3 is 2.46 bits per heavy atom. The van der Waals surface area contributed by atoms with Gasteiger partial charge in [0, 0.05) is 11.3 Å². The molecule has 0 unspecified atom stereocenters. The van der Waals surface area contributed by atoms with E-state index < -0.39 is 5.91 Å². The van der Waals surface area contributed by atoms with Gasteiger partial charge in [0.05, 0.1) is 12.9 Å². The first kappa shape index (κ1) is 16.1. The maximum Gasteiger partial charge on any atom is 0.227 e. The van der Waals surface area contributed by atoms with Crippen molar-refractivity contribution in [3.05, 3.63) is 54.6 Å². The molecular formula is C17H16N4O2S. The standard InChI is InChI=1S/C17H16N4O2S/c1-23-14-9-7-12(8-10-14)16-19-20-17(24-11-15(18)22)21(16)13-5-3-2-4-6-13/h2-10H,11H2,1H3,(H2,18,22). The molecule has 0 aliphatic rings. The Balaban J connectivity index is 2.06. The van der Waals surface area contributed by atoms with E-state index >= 15 is 0 Å². The van der Waals surface area contributed by atoms with Crippen LogP contribution in [0.3, 0.4) is 0 Å². The van der Waals surface area contributed by atoms with Crippen LogP contribution >= 0.6 is 11.8 Å². The summed E-state index contributed by atoms with van der Waals surface area (Å²) < 4.78 is 7.10. The predicted molar refractivity (Wildman–Crippen MR) is 93.3 cm³/mol. The van der Waals surface area contributed by atoms with Gasteiger partial charge in [-0.15, -0.1) is 10.2 Å². The van der Waals surface area contributed by atoms with E-state index in [1.54, 1.807) is 7.11 Å². The number of hydrogen-bond donors (Lipinski definition) is 1. The van der Waals surface area contributed by atoms with Crippen molar-refractivity contribution < 1.29 is 9.53 Å². The summed E-state index contributed by atoms with van der Waals surface area (Å²) in [6.45, 7) is 0. The fourth-order valence-electron chi connectivity index (χ4n) is 2.24. The van der Waals surface area contributed by atoms with Crippen LogP contribution in [0.25, 0.3) is 17.1 Å². The molecule has 0 atom stereocenters. The zero-order chi connectivity index (χ0) is 16.9. The number of hydrogen-bond acceptors (Lipinski definition) is 5. The minimum atomic E-state index is -0.395. The summed E-state index contributed by atoms with van der Waals surface area (Å²) in [6, 6.07) is 17.3. The number of ether oxygens (including phenoxy) is 1. The summed E-state index contributed by atoms with van der Waals surface area (Å²) in [5.74, 6) is 1.21. The maximum atomic E-state index is 11.1. The molecule has 1 heterocycles. The van der Waals surface area contributed by atoms with Crippen molar-refractivity contribution >= 4 is 17.7 Å². The predicted octanol–water partition coefficient (Wildman–Crippen LogP) is 2.52. The van der Waals surface area contributed by atoms with E-state index in [4.69, 9.17) is 10.5 Å². The number of para-hydroxylation sites is 1. The quantitative estimate of drug-likeness (QED) is 0.697. The summed E-state index contributed by atoms with van der Waals surface area (Å²) in [4.78, 5) is 11.1. The normalized spacial score (nSPS) is 10.5. The molecule has 0 aliphatic carbocycles. The van der Waals surface area contributed by atoms with E-state index in [1.807, 2.05) is 59.2 Å². The highest BCUT2D eigenvalue weighted by Gasteiger charge is 2.16. The van der Waals surface area contributed by atoms with E-state index in [0.717, 1.165) is 17.0 Å². The lowest BCUT2D eigenvalue weighted by atomic mass is 10.2. The van der Waals surface area contributed by atoms with E-state index in [1.165, 1.54) is 11.8 Å². The third kappa shape index (κ3) is 3.41. The zero-order valence-electron chi connectivity index (χ0n) is 13.0. The summed E-state index contributed by atoms with van der Waals surface area (Å²) in [6.07, 6.45) is 0. The third-order valence-electron chi connectivity index (χ3n) is 3.34. The van der Waals surface area contributed by atoms with Crippen LogP contribution in [0.4, 0.5) is 0 Å². The molecule has 122 valence electrons. The first-order valence-electron chi connectivity index (χ1n) is 7.25. The molecule has 0 saturated heterocycles. The SMILES string of the molecule is COc1ccc(-c2nnc(SCC(N)=O)n2-c2ccccc2)cc1. The van der Waals surface area contributed by atoms with Crippen LogP contribution in [-0.2, 0) is 4.79 Å². The van der Waals surface area contributed by atoms with Crippen LogP contribution in [0, 0.1) is 0 Å². The first-order valence-corrected chi connectivity index (χ1v) is 8.24. The number of thioether (sulfide) groups is 1. The molecule has 0 saturated carbocycles. The lowest BCUT2D eigenvalue weighted by molar-refractivity contribution is -0.115. The van der Waals surface area contributed by atoms with Crippen molar-refractivity contribution in [1.82, 2.24) is 14.8 Å². The molecule has 0 bridgehead atoms. The summed E-state index contributed by atoms with van der Waals surface area (Å²) in [5.41, 5.74) is 7.07. The number of amides is 1. The van der Waals surface area contributed by atoms with Crippen molar-refractivity contribution in [2.24, 2.45) is 5.73 Å². The summed E-state index contributed by atoms with van der Waals surface area (Å²) in [7, 11) is 1.63. The lowest BCUT2D eigenvalue weighted by Crippen LogP contribution is -2.13. The molecule has 0 fully saturated rings. The van der Waals surface area contributed by atoms with Crippen molar-refractivity contribution in [2.75, 3.05) is 12.9 Å². The van der Waals surface area contributed by atoms with Gasteiger partial charge < -0.3 is 10.5 Å². The topological polar surface area (TPSA) is 83.0 Å². The molecule has 1 aromatic heterocycles. The largest absolute Gasteiger partial charge is 0.497 e. The van der Waals surface area contributed by atoms with Gasteiger partial charge >= 0.3 is 0 Å². The molecule has 2 N–H and O–H groups in total. The Labute approximate surface area is 143 Å². The van der Waals surface area contributed by atoms with Gasteiger partial charge in [-0.1, -0.05) is 30.0 Å². The Kier molecular flexibility index (Phi) is 4.81. The second kappa shape index (κ2) is 7.18. The molecule has 0 spiro atoms. The Morgan fingerprint density at radius 1 is 1.12 bits per heavy atom. The summed E-state index contributed by atoms with van der Waals surface area (Å²) >= 11 is 1.26. The van der Waals surface area contributed by atoms with Gasteiger partial charge in [0.15, 0.2) is 11.0 Å². The van der Waals surface area contributed by atoms with Gasteiger partial charge in [-0.25, -0.2) is 0 Å². The fraction of sp³-hybridized carbons (Fsp3) is 0.118. The Hall–Kier alpha value is -2.80. The maximum absolute atomic E-state index is 11.1. The molecule has 0 radical (unpaired) electrons. The Bertz CT molecular complexity index is 832. The first-order chi connectivity index (χ1) is 11.7. The fourth-order valence-corrected chi connectivity index (χ4v) is 2.93. The van der Waals surface area contributed by atoms with Gasteiger partial charge in [0.1, 0.15) is 5.75 Å². The number of rotatable bonds is 6.